The molecule has 0 saturated carbocycles. The molecule has 1 aromatic carbocycles. The minimum absolute atomic E-state index is 0.0523. The summed E-state index contributed by atoms with van der Waals surface area (Å²) in [6.07, 6.45) is 1.16. The van der Waals surface area contributed by atoms with Gasteiger partial charge in [-0.3, -0.25) is 4.79 Å². The van der Waals surface area contributed by atoms with E-state index in [4.69, 9.17) is 5.73 Å². The Labute approximate surface area is 108 Å². The highest BCUT2D eigenvalue weighted by molar-refractivity contribution is 9.10. The van der Waals surface area contributed by atoms with E-state index in [0.29, 0.717) is 17.4 Å². The molecule has 1 amide bonds. The van der Waals surface area contributed by atoms with Gasteiger partial charge in [0.25, 0.3) is 0 Å². The molecular formula is C12H14BrFN2O. The van der Waals surface area contributed by atoms with Crippen molar-refractivity contribution in [1.29, 1.82) is 0 Å². The summed E-state index contributed by atoms with van der Waals surface area (Å²) in [5, 5.41) is 0. The average molecular weight is 301 g/mol. The molecule has 0 aromatic heterocycles. The molecule has 2 N–H and O–H groups in total. The third kappa shape index (κ3) is 3.04. The van der Waals surface area contributed by atoms with Crippen molar-refractivity contribution in [3.63, 3.8) is 0 Å². The van der Waals surface area contributed by atoms with Crippen molar-refractivity contribution >= 4 is 21.8 Å². The molecular weight excluding hydrogens is 287 g/mol. The fourth-order valence-electron chi connectivity index (χ4n) is 1.95. The number of carbonyl (C=O) groups is 1. The third-order valence-corrected chi connectivity index (χ3v) is 3.52. The van der Waals surface area contributed by atoms with E-state index in [1.807, 2.05) is 0 Å². The van der Waals surface area contributed by atoms with Gasteiger partial charge in [0.05, 0.1) is 10.9 Å². The quantitative estimate of drug-likeness (QED) is 0.903. The smallest absolute Gasteiger partial charge is 0.227 e. The Balaban J connectivity index is 2.00. The highest BCUT2D eigenvalue weighted by Gasteiger charge is 2.23. The van der Waals surface area contributed by atoms with Gasteiger partial charge >= 0.3 is 0 Å². The molecule has 17 heavy (non-hydrogen) atoms. The molecule has 5 heteroatoms. The zero-order chi connectivity index (χ0) is 12.4. The lowest BCUT2D eigenvalue weighted by Gasteiger charge is -2.15. The highest BCUT2D eigenvalue weighted by Crippen LogP contribution is 2.18. The van der Waals surface area contributed by atoms with Crippen molar-refractivity contribution in [2.24, 2.45) is 5.73 Å². The predicted octanol–water partition coefficient (Wildman–Crippen LogP) is 1.69. The first-order chi connectivity index (χ1) is 8.06. The number of carbonyl (C=O) groups excluding carboxylic acids is 1. The summed E-state index contributed by atoms with van der Waals surface area (Å²) in [5.41, 5.74) is 6.56. The molecule has 1 aliphatic rings. The van der Waals surface area contributed by atoms with E-state index < -0.39 is 0 Å². The van der Waals surface area contributed by atoms with Crippen LogP contribution in [-0.4, -0.2) is 29.9 Å². The van der Waals surface area contributed by atoms with Gasteiger partial charge in [-0.25, -0.2) is 4.39 Å². The Morgan fingerprint density at radius 3 is 2.94 bits per heavy atom. The fraction of sp³-hybridized carbons (Fsp3) is 0.417. The topological polar surface area (TPSA) is 46.3 Å². The number of nitrogens with zero attached hydrogens (tertiary/aromatic N) is 1. The normalized spacial score (nSPS) is 19.7. The lowest BCUT2D eigenvalue weighted by Crippen LogP contribution is -2.32. The van der Waals surface area contributed by atoms with Crippen LogP contribution >= 0.6 is 15.9 Å². The maximum Gasteiger partial charge on any atom is 0.227 e. The SMILES string of the molecule is NC1CCN(C(=O)Cc2ccc(F)c(Br)c2)C1. The molecule has 0 radical (unpaired) electrons. The summed E-state index contributed by atoms with van der Waals surface area (Å²) in [5.74, 6) is -0.263. The van der Waals surface area contributed by atoms with Crippen LogP contribution in [0.2, 0.25) is 0 Å². The second-order valence-electron chi connectivity index (χ2n) is 4.31. The second kappa shape index (κ2) is 5.14. The van der Waals surface area contributed by atoms with Gasteiger partial charge in [0, 0.05) is 19.1 Å². The van der Waals surface area contributed by atoms with Crippen molar-refractivity contribution < 1.29 is 9.18 Å². The Bertz CT molecular complexity index is 439. The maximum atomic E-state index is 13.0. The number of hydrogen-bond acceptors (Lipinski definition) is 2. The van der Waals surface area contributed by atoms with Gasteiger partial charge in [0.2, 0.25) is 5.91 Å². The van der Waals surface area contributed by atoms with E-state index in [0.717, 1.165) is 18.5 Å². The highest BCUT2D eigenvalue weighted by atomic mass is 79.9. The number of amides is 1. The van der Waals surface area contributed by atoms with Gasteiger partial charge in [-0.2, -0.15) is 0 Å². The standard InChI is InChI=1S/C12H14BrFN2O/c13-10-5-8(1-2-11(10)14)6-12(17)16-4-3-9(15)7-16/h1-2,5,9H,3-4,6-7,15H2. The molecule has 1 saturated heterocycles. The first kappa shape index (κ1) is 12.5. The molecule has 1 aliphatic heterocycles. The van der Waals surface area contributed by atoms with Crippen molar-refractivity contribution in [2.45, 2.75) is 18.9 Å². The minimum Gasteiger partial charge on any atom is -0.341 e. The first-order valence-electron chi connectivity index (χ1n) is 5.53. The zero-order valence-electron chi connectivity index (χ0n) is 9.33. The number of likely N-dealkylation sites (tertiary alicyclic amines) is 1. The lowest BCUT2D eigenvalue weighted by molar-refractivity contribution is -0.129. The number of nitrogens with two attached hydrogens (primary N) is 1. The van der Waals surface area contributed by atoms with E-state index in [-0.39, 0.29) is 17.8 Å². The van der Waals surface area contributed by atoms with Gasteiger partial charge in [-0.15, -0.1) is 0 Å². The summed E-state index contributed by atoms with van der Waals surface area (Å²) in [6, 6.07) is 4.73. The van der Waals surface area contributed by atoms with Crippen LogP contribution in [-0.2, 0) is 11.2 Å². The van der Waals surface area contributed by atoms with Crippen molar-refractivity contribution in [1.82, 2.24) is 4.90 Å². The number of rotatable bonds is 2. The van der Waals surface area contributed by atoms with Crippen molar-refractivity contribution in [3.8, 4) is 0 Å². The van der Waals surface area contributed by atoms with Crippen LogP contribution in [0, 0.1) is 5.82 Å². The van der Waals surface area contributed by atoms with E-state index in [1.165, 1.54) is 6.07 Å². The van der Waals surface area contributed by atoms with Gasteiger partial charge < -0.3 is 10.6 Å². The van der Waals surface area contributed by atoms with Gasteiger partial charge in [0.15, 0.2) is 0 Å². The Morgan fingerprint density at radius 2 is 2.35 bits per heavy atom. The van der Waals surface area contributed by atoms with Crippen LogP contribution in [0.3, 0.4) is 0 Å². The van der Waals surface area contributed by atoms with Crippen LogP contribution in [0.5, 0.6) is 0 Å². The molecule has 92 valence electrons. The Kier molecular flexibility index (Phi) is 3.79. The van der Waals surface area contributed by atoms with Crippen LogP contribution in [0.25, 0.3) is 0 Å². The number of halogens is 2. The summed E-state index contributed by atoms with van der Waals surface area (Å²) < 4.78 is 13.4. The predicted molar refractivity (Wildman–Crippen MR) is 67.0 cm³/mol. The van der Waals surface area contributed by atoms with E-state index in [9.17, 15) is 9.18 Å². The van der Waals surface area contributed by atoms with Crippen LogP contribution in [0.15, 0.2) is 22.7 Å². The molecule has 0 spiro atoms. The third-order valence-electron chi connectivity index (χ3n) is 2.92. The maximum absolute atomic E-state index is 13.0. The van der Waals surface area contributed by atoms with Crippen molar-refractivity contribution in [2.75, 3.05) is 13.1 Å². The average Bonchev–Trinajstić information content (AvgIpc) is 2.70. The second-order valence-corrected chi connectivity index (χ2v) is 5.17. The number of hydrogen-bond donors (Lipinski definition) is 1. The molecule has 1 aromatic rings. The largest absolute Gasteiger partial charge is 0.341 e. The first-order valence-corrected chi connectivity index (χ1v) is 6.33. The minimum atomic E-state index is -0.315. The summed E-state index contributed by atoms with van der Waals surface area (Å²) in [4.78, 5) is 13.7. The van der Waals surface area contributed by atoms with Crippen LogP contribution in [0.4, 0.5) is 4.39 Å². The van der Waals surface area contributed by atoms with Crippen molar-refractivity contribution in [3.05, 3.63) is 34.1 Å². The summed E-state index contributed by atoms with van der Waals surface area (Å²) >= 11 is 3.11. The molecule has 0 bridgehead atoms. The summed E-state index contributed by atoms with van der Waals surface area (Å²) in [6.45, 7) is 1.35. The van der Waals surface area contributed by atoms with Crippen LogP contribution < -0.4 is 5.73 Å². The fourth-order valence-corrected chi connectivity index (χ4v) is 2.38. The molecule has 1 atom stereocenters. The zero-order valence-corrected chi connectivity index (χ0v) is 10.9. The monoisotopic (exact) mass is 300 g/mol. The van der Waals surface area contributed by atoms with Crippen LogP contribution in [0.1, 0.15) is 12.0 Å². The van der Waals surface area contributed by atoms with E-state index in [2.05, 4.69) is 15.9 Å². The van der Waals surface area contributed by atoms with Gasteiger partial charge in [-0.05, 0) is 40.0 Å². The molecule has 1 fully saturated rings. The molecule has 1 unspecified atom stereocenters. The van der Waals surface area contributed by atoms with Gasteiger partial charge in [0.1, 0.15) is 5.82 Å². The molecule has 3 nitrogen and oxygen atoms in total. The Morgan fingerprint density at radius 1 is 1.59 bits per heavy atom. The molecule has 2 rings (SSSR count). The van der Waals surface area contributed by atoms with E-state index in [1.54, 1.807) is 17.0 Å². The summed E-state index contributed by atoms with van der Waals surface area (Å²) in [7, 11) is 0. The van der Waals surface area contributed by atoms with Gasteiger partial charge in [-0.1, -0.05) is 6.07 Å². The molecule has 1 heterocycles. The molecule has 0 aliphatic carbocycles. The lowest BCUT2D eigenvalue weighted by atomic mass is 10.1. The Hall–Kier alpha value is -0.940. The van der Waals surface area contributed by atoms with E-state index >= 15 is 0 Å². The number of benzene rings is 1.